The molecule has 0 fully saturated rings. The van der Waals surface area contributed by atoms with Gasteiger partial charge in [-0.05, 0) is 41.7 Å². The first kappa shape index (κ1) is 21.4. The Morgan fingerprint density at radius 1 is 1.13 bits per heavy atom. The first-order valence-electron chi connectivity index (χ1n) is 9.99. The van der Waals surface area contributed by atoms with E-state index >= 15 is 0 Å². The number of carboxylic acids is 1. The summed E-state index contributed by atoms with van der Waals surface area (Å²) in [6.45, 7) is 2.27. The summed E-state index contributed by atoms with van der Waals surface area (Å²) in [5.74, 6) is -0.645. The molecule has 2 aromatic rings. The van der Waals surface area contributed by atoms with Crippen molar-refractivity contribution >= 4 is 17.8 Å². The van der Waals surface area contributed by atoms with E-state index in [-0.39, 0.29) is 30.9 Å². The van der Waals surface area contributed by atoms with Crippen LogP contribution in [0.3, 0.4) is 0 Å². The summed E-state index contributed by atoms with van der Waals surface area (Å²) in [5, 5.41) is 11.6. The summed E-state index contributed by atoms with van der Waals surface area (Å²) in [6, 6.07) is 14.9. The lowest BCUT2D eigenvalue weighted by molar-refractivity contribution is -0.139. The minimum Gasteiger partial charge on any atom is -0.482 e. The SMILES string of the molecule is CC(=O)N1CCc2ccccc2C1CC(=O)NCCc1ccc(OCC(=O)O)cc1. The molecule has 0 bridgehead atoms. The van der Waals surface area contributed by atoms with Crippen molar-refractivity contribution in [3.8, 4) is 5.75 Å². The van der Waals surface area contributed by atoms with Crippen LogP contribution < -0.4 is 10.1 Å². The van der Waals surface area contributed by atoms with Crippen LogP contribution >= 0.6 is 0 Å². The fourth-order valence-corrected chi connectivity index (χ4v) is 3.74. The van der Waals surface area contributed by atoms with Gasteiger partial charge in [0, 0.05) is 20.0 Å². The van der Waals surface area contributed by atoms with Gasteiger partial charge in [0.25, 0.3) is 0 Å². The fraction of sp³-hybridized carbons (Fsp3) is 0.348. The Bertz CT molecular complexity index is 910. The number of aliphatic carboxylic acids is 1. The molecule has 7 nitrogen and oxygen atoms in total. The second kappa shape index (κ2) is 9.91. The molecule has 0 aliphatic carbocycles. The number of nitrogens with zero attached hydrogens (tertiary/aromatic N) is 1. The number of nitrogens with one attached hydrogen (secondary N) is 1. The molecule has 1 aliphatic heterocycles. The Hall–Kier alpha value is -3.35. The maximum absolute atomic E-state index is 12.6. The van der Waals surface area contributed by atoms with E-state index in [1.807, 2.05) is 30.3 Å². The highest BCUT2D eigenvalue weighted by Crippen LogP contribution is 2.32. The minimum atomic E-state index is -1.02. The first-order chi connectivity index (χ1) is 14.4. The molecule has 1 heterocycles. The van der Waals surface area contributed by atoms with Gasteiger partial charge in [0.05, 0.1) is 12.5 Å². The number of hydrogen-bond acceptors (Lipinski definition) is 4. The molecule has 1 aliphatic rings. The lowest BCUT2D eigenvalue weighted by Gasteiger charge is -2.36. The molecule has 1 atom stereocenters. The summed E-state index contributed by atoms with van der Waals surface area (Å²) >= 11 is 0. The number of carbonyl (C=O) groups is 3. The zero-order valence-corrected chi connectivity index (χ0v) is 17.0. The summed E-state index contributed by atoms with van der Waals surface area (Å²) in [5.41, 5.74) is 3.25. The Kier molecular flexibility index (Phi) is 7.06. The van der Waals surface area contributed by atoms with Gasteiger partial charge in [0.1, 0.15) is 5.75 Å². The number of carbonyl (C=O) groups excluding carboxylic acids is 2. The van der Waals surface area contributed by atoms with Crippen molar-refractivity contribution in [2.75, 3.05) is 19.7 Å². The van der Waals surface area contributed by atoms with E-state index in [1.54, 1.807) is 24.0 Å². The third-order valence-electron chi connectivity index (χ3n) is 5.22. The van der Waals surface area contributed by atoms with Crippen LogP contribution in [0.15, 0.2) is 48.5 Å². The van der Waals surface area contributed by atoms with Crippen LogP contribution in [0.25, 0.3) is 0 Å². The molecule has 0 saturated carbocycles. The van der Waals surface area contributed by atoms with Crippen LogP contribution in [-0.2, 0) is 27.2 Å². The van der Waals surface area contributed by atoms with Gasteiger partial charge in [-0.3, -0.25) is 9.59 Å². The van der Waals surface area contributed by atoms with Crippen LogP contribution in [0.2, 0.25) is 0 Å². The second-order valence-electron chi connectivity index (χ2n) is 7.31. The Morgan fingerprint density at radius 2 is 1.87 bits per heavy atom. The van der Waals surface area contributed by atoms with Crippen LogP contribution in [0.1, 0.15) is 36.1 Å². The molecule has 0 aromatic heterocycles. The number of carboxylic acid groups (broad SMARTS) is 1. The van der Waals surface area contributed by atoms with Crippen molar-refractivity contribution in [3.05, 3.63) is 65.2 Å². The molecular formula is C23H26N2O5. The highest BCUT2D eigenvalue weighted by atomic mass is 16.5. The third kappa shape index (κ3) is 5.59. The normalized spacial score (nSPS) is 15.2. The fourth-order valence-electron chi connectivity index (χ4n) is 3.74. The largest absolute Gasteiger partial charge is 0.482 e. The summed E-state index contributed by atoms with van der Waals surface area (Å²) in [4.78, 5) is 36.9. The van der Waals surface area contributed by atoms with Gasteiger partial charge in [-0.25, -0.2) is 4.79 Å². The molecule has 1 unspecified atom stereocenters. The molecule has 158 valence electrons. The van der Waals surface area contributed by atoms with Gasteiger partial charge in [-0.15, -0.1) is 0 Å². The first-order valence-corrected chi connectivity index (χ1v) is 9.99. The van der Waals surface area contributed by atoms with Gasteiger partial charge in [-0.2, -0.15) is 0 Å². The quantitative estimate of drug-likeness (QED) is 0.696. The van der Waals surface area contributed by atoms with Crippen molar-refractivity contribution in [1.82, 2.24) is 10.2 Å². The summed E-state index contributed by atoms with van der Waals surface area (Å²) < 4.78 is 5.11. The molecule has 2 N–H and O–H groups in total. The van der Waals surface area contributed by atoms with Gasteiger partial charge in [0.15, 0.2) is 6.61 Å². The number of amides is 2. The van der Waals surface area contributed by atoms with Gasteiger partial charge in [-0.1, -0.05) is 36.4 Å². The molecule has 2 aromatic carbocycles. The number of hydrogen-bond donors (Lipinski definition) is 2. The Balaban J connectivity index is 1.52. The number of benzene rings is 2. The molecule has 3 rings (SSSR count). The van der Waals surface area contributed by atoms with Crippen LogP contribution in [0.4, 0.5) is 0 Å². The standard InChI is InChI=1S/C23H26N2O5/c1-16(26)25-13-11-18-4-2-3-5-20(18)21(25)14-22(27)24-12-10-17-6-8-19(9-7-17)30-15-23(28)29/h2-9,21H,10-15H2,1H3,(H,24,27)(H,28,29). The van der Waals surface area contributed by atoms with Crippen molar-refractivity contribution < 1.29 is 24.2 Å². The van der Waals surface area contributed by atoms with Crippen molar-refractivity contribution in [1.29, 1.82) is 0 Å². The topological polar surface area (TPSA) is 95.9 Å². The molecule has 0 spiro atoms. The van der Waals surface area contributed by atoms with Crippen LogP contribution in [0, 0.1) is 0 Å². The van der Waals surface area contributed by atoms with E-state index in [1.165, 1.54) is 5.56 Å². The maximum atomic E-state index is 12.6. The van der Waals surface area contributed by atoms with Gasteiger partial charge < -0.3 is 20.1 Å². The summed E-state index contributed by atoms with van der Waals surface area (Å²) in [6.07, 6.45) is 1.68. The maximum Gasteiger partial charge on any atom is 0.341 e. The zero-order valence-electron chi connectivity index (χ0n) is 17.0. The van der Waals surface area contributed by atoms with Crippen LogP contribution in [0.5, 0.6) is 5.75 Å². The van der Waals surface area contributed by atoms with Crippen LogP contribution in [-0.4, -0.2) is 47.5 Å². The van der Waals surface area contributed by atoms with E-state index in [0.29, 0.717) is 25.3 Å². The van der Waals surface area contributed by atoms with E-state index in [9.17, 15) is 14.4 Å². The molecule has 7 heteroatoms. The lowest BCUT2D eigenvalue weighted by atomic mass is 9.90. The molecule has 2 amide bonds. The van der Waals surface area contributed by atoms with E-state index in [2.05, 4.69) is 11.4 Å². The van der Waals surface area contributed by atoms with Crippen molar-refractivity contribution in [3.63, 3.8) is 0 Å². The Labute approximate surface area is 175 Å². The van der Waals surface area contributed by atoms with Gasteiger partial charge >= 0.3 is 5.97 Å². The zero-order chi connectivity index (χ0) is 21.5. The smallest absolute Gasteiger partial charge is 0.341 e. The third-order valence-corrected chi connectivity index (χ3v) is 5.22. The average molecular weight is 410 g/mol. The van der Waals surface area contributed by atoms with E-state index in [4.69, 9.17) is 9.84 Å². The van der Waals surface area contributed by atoms with E-state index in [0.717, 1.165) is 17.5 Å². The van der Waals surface area contributed by atoms with Crippen molar-refractivity contribution in [2.45, 2.75) is 32.2 Å². The molecule has 0 radical (unpaired) electrons. The van der Waals surface area contributed by atoms with E-state index < -0.39 is 5.97 Å². The van der Waals surface area contributed by atoms with Crippen molar-refractivity contribution in [2.24, 2.45) is 0 Å². The highest BCUT2D eigenvalue weighted by molar-refractivity contribution is 5.79. The summed E-state index contributed by atoms with van der Waals surface area (Å²) in [7, 11) is 0. The minimum absolute atomic E-state index is 0.0208. The number of fused-ring (bicyclic) bond motifs is 1. The predicted octanol–water partition coefficient (Wildman–Crippen LogP) is 2.34. The second-order valence-corrected chi connectivity index (χ2v) is 7.31. The lowest BCUT2D eigenvalue weighted by Crippen LogP contribution is -2.41. The predicted molar refractivity (Wildman–Crippen MR) is 111 cm³/mol. The molecule has 0 saturated heterocycles. The molecule has 30 heavy (non-hydrogen) atoms. The Morgan fingerprint density at radius 3 is 2.57 bits per heavy atom. The monoisotopic (exact) mass is 410 g/mol. The number of rotatable bonds is 8. The molecular weight excluding hydrogens is 384 g/mol. The average Bonchev–Trinajstić information content (AvgIpc) is 2.73. The highest BCUT2D eigenvalue weighted by Gasteiger charge is 2.30. The number of ether oxygens (including phenoxy) is 1. The van der Waals surface area contributed by atoms with Gasteiger partial charge in [0.2, 0.25) is 11.8 Å².